The SMILES string of the molecule is CC(S)CCCCc1ccncc1. The Labute approximate surface area is 86.0 Å². The van der Waals surface area contributed by atoms with E-state index < -0.39 is 0 Å². The second-order valence-corrected chi connectivity index (χ2v) is 4.33. The molecule has 0 aliphatic rings. The van der Waals surface area contributed by atoms with Crippen molar-refractivity contribution in [3.63, 3.8) is 0 Å². The summed E-state index contributed by atoms with van der Waals surface area (Å²) in [6.45, 7) is 2.15. The van der Waals surface area contributed by atoms with Crippen molar-refractivity contribution in [1.82, 2.24) is 4.98 Å². The molecular weight excluding hydrogens is 178 g/mol. The Kier molecular flexibility index (Phi) is 4.91. The van der Waals surface area contributed by atoms with Gasteiger partial charge in [-0.1, -0.05) is 13.3 Å². The molecule has 0 saturated carbocycles. The second-order valence-electron chi connectivity index (χ2n) is 3.45. The van der Waals surface area contributed by atoms with Gasteiger partial charge in [-0.3, -0.25) is 4.98 Å². The van der Waals surface area contributed by atoms with E-state index in [4.69, 9.17) is 0 Å². The van der Waals surface area contributed by atoms with Gasteiger partial charge in [0.15, 0.2) is 0 Å². The predicted molar refractivity (Wildman–Crippen MR) is 60.2 cm³/mol. The highest BCUT2D eigenvalue weighted by molar-refractivity contribution is 7.80. The maximum atomic E-state index is 4.35. The first-order valence-corrected chi connectivity index (χ1v) is 5.37. The number of rotatable bonds is 5. The molecule has 1 aromatic rings. The molecule has 1 aromatic heterocycles. The zero-order valence-corrected chi connectivity index (χ0v) is 9.00. The number of pyridine rings is 1. The molecule has 72 valence electrons. The summed E-state index contributed by atoms with van der Waals surface area (Å²) in [6, 6.07) is 4.17. The van der Waals surface area contributed by atoms with E-state index >= 15 is 0 Å². The summed E-state index contributed by atoms with van der Waals surface area (Å²) in [5, 5.41) is 0.539. The first-order chi connectivity index (χ1) is 6.29. The number of nitrogens with zero attached hydrogens (tertiary/aromatic N) is 1. The highest BCUT2D eigenvalue weighted by Gasteiger charge is 1.95. The Bertz CT molecular complexity index is 221. The van der Waals surface area contributed by atoms with Gasteiger partial charge in [0.05, 0.1) is 0 Å². The Morgan fingerprint density at radius 1 is 1.31 bits per heavy atom. The molecule has 0 spiro atoms. The molecule has 1 atom stereocenters. The van der Waals surface area contributed by atoms with Crippen LogP contribution in [-0.2, 0) is 6.42 Å². The molecule has 0 radical (unpaired) electrons. The van der Waals surface area contributed by atoms with Crippen molar-refractivity contribution >= 4 is 12.6 Å². The first-order valence-electron chi connectivity index (χ1n) is 4.86. The molecule has 0 amide bonds. The van der Waals surface area contributed by atoms with E-state index in [9.17, 15) is 0 Å². The molecule has 0 aliphatic heterocycles. The maximum Gasteiger partial charge on any atom is 0.0270 e. The Morgan fingerprint density at radius 2 is 2.00 bits per heavy atom. The molecule has 1 heterocycles. The van der Waals surface area contributed by atoms with Gasteiger partial charge in [-0.15, -0.1) is 0 Å². The predicted octanol–water partition coefficient (Wildman–Crippen LogP) is 3.11. The zero-order valence-electron chi connectivity index (χ0n) is 8.11. The third-order valence-electron chi connectivity index (χ3n) is 2.09. The van der Waals surface area contributed by atoms with Gasteiger partial charge in [0.1, 0.15) is 0 Å². The van der Waals surface area contributed by atoms with Crippen molar-refractivity contribution < 1.29 is 0 Å². The van der Waals surface area contributed by atoms with E-state index in [1.807, 2.05) is 12.4 Å². The molecule has 1 nitrogen and oxygen atoms in total. The van der Waals surface area contributed by atoms with Gasteiger partial charge in [0, 0.05) is 12.4 Å². The zero-order chi connectivity index (χ0) is 9.52. The van der Waals surface area contributed by atoms with Crippen molar-refractivity contribution in [2.75, 3.05) is 0 Å². The lowest BCUT2D eigenvalue weighted by Gasteiger charge is -2.03. The van der Waals surface area contributed by atoms with Crippen molar-refractivity contribution in [3.8, 4) is 0 Å². The van der Waals surface area contributed by atoms with Crippen LogP contribution < -0.4 is 0 Å². The van der Waals surface area contributed by atoms with Crippen LogP contribution in [0, 0.1) is 0 Å². The minimum Gasteiger partial charge on any atom is -0.265 e. The highest BCUT2D eigenvalue weighted by atomic mass is 32.1. The van der Waals surface area contributed by atoms with E-state index in [2.05, 4.69) is 36.7 Å². The number of hydrogen-bond donors (Lipinski definition) is 1. The molecule has 0 saturated heterocycles. The third-order valence-corrected chi connectivity index (χ3v) is 2.34. The standard InChI is InChI=1S/C11H17NS/c1-10(13)4-2-3-5-11-6-8-12-9-7-11/h6-10,13H,2-5H2,1H3. The number of aromatic nitrogens is 1. The van der Waals surface area contributed by atoms with Gasteiger partial charge in [-0.25, -0.2) is 0 Å². The minimum absolute atomic E-state index is 0.539. The lowest BCUT2D eigenvalue weighted by Crippen LogP contribution is -1.92. The van der Waals surface area contributed by atoms with E-state index in [0.717, 1.165) is 0 Å². The van der Waals surface area contributed by atoms with Crippen LogP contribution in [0.1, 0.15) is 31.7 Å². The molecule has 0 aromatic carbocycles. The van der Waals surface area contributed by atoms with Gasteiger partial charge in [0.25, 0.3) is 0 Å². The van der Waals surface area contributed by atoms with Gasteiger partial charge >= 0.3 is 0 Å². The lowest BCUT2D eigenvalue weighted by atomic mass is 10.1. The molecular formula is C11H17NS. The Morgan fingerprint density at radius 3 is 2.62 bits per heavy atom. The Hall–Kier alpha value is -0.500. The lowest BCUT2D eigenvalue weighted by molar-refractivity contribution is 0.677. The molecule has 0 bridgehead atoms. The Balaban J connectivity index is 2.13. The summed E-state index contributed by atoms with van der Waals surface area (Å²) in [4.78, 5) is 3.99. The average Bonchev–Trinajstić information content (AvgIpc) is 2.14. The molecule has 0 N–H and O–H groups in total. The maximum absolute atomic E-state index is 4.35. The van der Waals surface area contributed by atoms with Crippen LogP contribution in [0.3, 0.4) is 0 Å². The van der Waals surface area contributed by atoms with E-state index in [0.29, 0.717) is 5.25 Å². The average molecular weight is 195 g/mol. The van der Waals surface area contributed by atoms with E-state index in [1.165, 1.54) is 31.2 Å². The van der Waals surface area contributed by atoms with Crippen LogP contribution in [0.2, 0.25) is 0 Å². The van der Waals surface area contributed by atoms with Gasteiger partial charge in [0.2, 0.25) is 0 Å². The fourth-order valence-electron chi connectivity index (χ4n) is 1.32. The van der Waals surface area contributed by atoms with Gasteiger partial charge in [-0.2, -0.15) is 12.6 Å². The molecule has 13 heavy (non-hydrogen) atoms. The largest absolute Gasteiger partial charge is 0.265 e. The molecule has 2 heteroatoms. The summed E-state index contributed by atoms with van der Waals surface area (Å²) >= 11 is 4.35. The van der Waals surface area contributed by atoms with Gasteiger partial charge < -0.3 is 0 Å². The summed E-state index contributed by atoms with van der Waals surface area (Å²) in [5.74, 6) is 0. The normalized spacial score (nSPS) is 12.8. The van der Waals surface area contributed by atoms with Crippen molar-refractivity contribution in [3.05, 3.63) is 30.1 Å². The number of unbranched alkanes of at least 4 members (excludes halogenated alkanes) is 1. The van der Waals surface area contributed by atoms with Crippen LogP contribution >= 0.6 is 12.6 Å². The van der Waals surface area contributed by atoms with Crippen LogP contribution in [0.25, 0.3) is 0 Å². The number of thiol groups is 1. The summed E-state index contributed by atoms with van der Waals surface area (Å²) < 4.78 is 0. The van der Waals surface area contributed by atoms with Crippen molar-refractivity contribution in [2.45, 2.75) is 37.9 Å². The van der Waals surface area contributed by atoms with E-state index in [1.54, 1.807) is 0 Å². The van der Waals surface area contributed by atoms with Crippen LogP contribution in [-0.4, -0.2) is 10.2 Å². The third kappa shape index (κ3) is 4.94. The summed E-state index contributed by atoms with van der Waals surface area (Å²) in [6.07, 6.45) is 8.63. The van der Waals surface area contributed by atoms with Crippen LogP contribution in [0.4, 0.5) is 0 Å². The summed E-state index contributed by atoms with van der Waals surface area (Å²) in [7, 11) is 0. The first kappa shape index (κ1) is 10.6. The highest BCUT2D eigenvalue weighted by Crippen LogP contribution is 2.09. The molecule has 0 aliphatic carbocycles. The fraction of sp³-hybridized carbons (Fsp3) is 0.545. The fourth-order valence-corrected chi connectivity index (χ4v) is 1.50. The number of aryl methyl sites for hydroxylation is 1. The van der Waals surface area contributed by atoms with Crippen molar-refractivity contribution in [2.24, 2.45) is 0 Å². The van der Waals surface area contributed by atoms with E-state index in [-0.39, 0.29) is 0 Å². The molecule has 0 fully saturated rings. The molecule has 1 rings (SSSR count). The van der Waals surface area contributed by atoms with Crippen LogP contribution in [0.15, 0.2) is 24.5 Å². The monoisotopic (exact) mass is 195 g/mol. The smallest absolute Gasteiger partial charge is 0.0270 e. The summed E-state index contributed by atoms with van der Waals surface area (Å²) in [5.41, 5.74) is 1.39. The second kappa shape index (κ2) is 6.03. The minimum atomic E-state index is 0.539. The topological polar surface area (TPSA) is 12.9 Å². The molecule has 1 unspecified atom stereocenters. The van der Waals surface area contributed by atoms with Gasteiger partial charge in [-0.05, 0) is 42.2 Å². The number of hydrogen-bond acceptors (Lipinski definition) is 2. The van der Waals surface area contributed by atoms with Crippen molar-refractivity contribution in [1.29, 1.82) is 0 Å². The van der Waals surface area contributed by atoms with Crippen LogP contribution in [0.5, 0.6) is 0 Å². The quantitative estimate of drug-likeness (QED) is 0.562.